The summed E-state index contributed by atoms with van der Waals surface area (Å²) in [6.45, 7) is 2.17. The molecule has 0 amide bonds. The first-order valence-electron chi connectivity index (χ1n) is 9.69. The summed E-state index contributed by atoms with van der Waals surface area (Å²) < 4.78 is 5.21. The maximum atomic E-state index is 10.9. The predicted octanol–water partition coefficient (Wildman–Crippen LogP) is 4.88. The molecule has 2 aromatic carbocycles. The zero-order chi connectivity index (χ0) is 19.7. The number of methoxy groups -OCH3 is 1. The van der Waals surface area contributed by atoms with E-state index in [2.05, 4.69) is 22.4 Å². The van der Waals surface area contributed by atoms with Crippen LogP contribution in [0, 0.1) is 4.91 Å². The lowest BCUT2D eigenvalue weighted by Gasteiger charge is -2.27. The molecule has 1 heterocycles. The molecule has 28 heavy (non-hydrogen) atoms. The van der Waals surface area contributed by atoms with Crippen molar-refractivity contribution in [3.63, 3.8) is 0 Å². The van der Waals surface area contributed by atoms with E-state index >= 15 is 0 Å². The van der Waals surface area contributed by atoms with Crippen molar-refractivity contribution in [3.8, 4) is 11.5 Å². The molecule has 0 spiro atoms. The Kier molecular flexibility index (Phi) is 5.05. The molecule has 2 unspecified atom stereocenters. The predicted molar refractivity (Wildman–Crippen MR) is 110 cm³/mol. The van der Waals surface area contributed by atoms with E-state index in [1.165, 1.54) is 11.3 Å². The molecule has 0 saturated carbocycles. The number of aromatic nitrogens is 1. The smallest absolute Gasteiger partial charge is 0.160 e. The summed E-state index contributed by atoms with van der Waals surface area (Å²) in [6, 6.07) is 11.6. The minimum atomic E-state index is 0.158. The summed E-state index contributed by atoms with van der Waals surface area (Å²) in [7, 11) is 1.56. The Morgan fingerprint density at radius 2 is 2.18 bits per heavy atom. The normalized spacial score (nSPS) is 17.3. The molecule has 4 rings (SSSR count). The third-order valence-electron chi connectivity index (χ3n) is 5.57. The average molecular weight is 379 g/mol. The van der Waals surface area contributed by atoms with Gasteiger partial charge < -0.3 is 20.1 Å². The highest BCUT2D eigenvalue weighted by Gasteiger charge is 2.25. The molecule has 3 aromatic rings. The number of fused-ring (bicyclic) bond motifs is 3. The highest BCUT2D eigenvalue weighted by atomic mass is 16.5. The second-order valence-electron chi connectivity index (χ2n) is 7.56. The Hall–Kier alpha value is -2.86. The monoisotopic (exact) mass is 379 g/mol. The molecule has 2 atom stereocenters. The summed E-state index contributed by atoms with van der Waals surface area (Å²) in [5, 5.41) is 17.7. The SMILES string of the molecule is COc1cc(CC(C)NC2CCCc3c2[nH]c2ccc(N=O)cc32)ccc1O. The van der Waals surface area contributed by atoms with E-state index in [0.717, 1.165) is 42.1 Å². The molecule has 1 aliphatic carbocycles. The second-order valence-corrected chi connectivity index (χ2v) is 7.56. The summed E-state index contributed by atoms with van der Waals surface area (Å²) in [5.74, 6) is 0.658. The number of nitrogens with one attached hydrogen (secondary N) is 2. The van der Waals surface area contributed by atoms with Crippen LogP contribution >= 0.6 is 0 Å². The number of nitrogens with zero attached hydrogens (tertiary/aromatic N) is 1. The van der Waals surface area contributed by atoms with E-state index in [0.29, 0.717) is 11.4 Å². The fourth-order valence-corrected chi connectivity index (χ4v) is 4.28. The summed E-state index contributed by atoms with van der Waals surface area (Å²) in [6.07, 6.45) is 4.03. The lowest BCUT2D eigenvalue weighted by molar-refractivity contribution is 0.371. The van der Waals surface area contributed by atoms with Crippen LogP contribution in [-0.2, 0) is 12.8 Å². The van der Waals surface area contributed by atoms with Crippen LogP contribution in [-0.4, -0.2) is 23.2 Å². The third kappa shape index (κ3) is 3.47. The number of hydrogen-bond acceptors (Lipinski definition) is 5. The van der Waals surface area contributed by atoms with Gasteiger partial charge >= 0.3 is 0 Å². The van der Waals surface area contributed by atoms with Crippen molar-refractivity contribution < 1.29 is 9.84 Å². The first-order valence-corrected chi connectivity index (χ1v) is 9.69. The molecule has 3 N–H and O–H groups in total. The van der Waals surface area contributed by atoms with Crippen molar-refractivity contribution in [1.29, 1.82) is 0 Å². The van der Waals surface area contributed by atoms with Crippen molar-refractivity contribution in [2.24, 2.45) is 5.18 Å². The van der Waals surface area contributed by atoms with E-state index in [1.54, 1.807) is 19.2 Å². The van der Waals surface area contributed by atoms with Crippen LogP contribution in [0.2, 0.25) is 0 Å². The zero-order valence-corrected chi connectivity index (χ0v) is 16.2. The standard InChI is InChI=1S/C22H25N3O3/c1-13(10-14-6-9-20(26)21(11-14)28-2)23-19-5-3-4-16-17-12-15(25-27)7-8-18(17)24-22(16)19/h6-9,11-13,19,23-24,26H,3-5,10H2,1-2H3. The Labute approximate surface area is 163 Å². The minimum absolute atomic E-state index is 0.158. The van der Waals surface area contributed by atoms with Gasteiger partial charge in [0.15, 0.2) is 11.5 Å². The molecular formula is C22H25N3O3. The number of H-pyrrole nitrogens is 1. The molecule has 0 saturated heterocycles. The number of nitroso groups, excluding NO2 is 1. The largest absolute Gasteiger partial charge is 0.504 e. The Morgan fingerprint density at radius 1 is 1.32 bits per heavy atom. The van der Waals surface area contributed by atoms with E-state index in [9.17, 15) is 10.0 Å². The van der Waals surface area contributed by atoms with Crippen LogP contribution < -0.4 is 10.1 Å². The molecular weight excluding hydrogens is 354 g/mol. The van der Waals surface area contributed by atoms with Gasteiger partial charge in [-0.25, -0.2) is 0 Å². The van der Waals surface area contributed by atoms with E-state index in [-0.39, 0.29) is 17.8 Å². The number of phenolic OH excluding ortho intramolecular Hbond substituents is 1. The summed E-state index contributed by atoms with van der Waals surface area (Å²) >= 11 is 0. The molecule has 1 aromatic heterocycles. The Bertz CT molecular complexity index is 1010. The van der Waals surface area contributed by atoms with Crippen molar-refractivity contribution in [1.82, 2.24) is 10.3 Å². The fraction of sp³-hybridized carbons (Fsp3) is 0.364. The van der Waals surface area contributed by atoms with Crippen LogP contribution in [0.25, 0.3) is 10.9 Å². The van der Waals surface area contributed by atoms with Gasteiger partial charge in [-0.3, -0.25) is 0 Å². The van der Waals surface area contributed by atoms with E-state index in [4.69, 9.17) is 4.74 Å². The van der Waals surface area contributed by atoms with Gasteiger partial charge in [-0.2, -0.15) is 0 Å². The van der Waals surface area contributed by atoms with Gasteiger partial charge in [0.25, 0.3) is 0 Å². The van der Waals surface area contributed by atoms with Crippen LogP contribution in [0.3, 0.4) is 0 Å². The number of benzene rings is 2. The topological polar surface area (TPSA) is 86.7 Å². The maximum Gasteiger partial charge on any atom is 0.160 e. The van der Waals surface area contributed by atoms with Gasteiger partial charge in [-0.05, 0) is 79.2 Å². The molecule has 0 bridgehead atoms. The Balaban J connectivity index is 1.54. The van der Waals surface area contributed by atoms with Gasteiger partial charge in [0, 0.05) is 28.7 Å². The van der Waals surface area contributed by atoms with Crippen molar-refractivity contribution in [2.45, 2.75) is 44.7 Å². The van der Waals surface area contributed by atoms with Gasteiger partial charge in [0.05, 0.1) is 7.11 Å². The van der Waals surface area contributed by atoms with Gasteiger partial charge in [-0.15, -0.1) is 4.91 Å². The fourth-order valence-electron chi connectivity index (χ4n) is 4.28. The quantitative estimate of drug-likeness (QED) is 0.533. The molecule has 0 radical (unpaired) electrons. The van der Waals surface area contributed by atoms with Gasteiger partial charge in [-0.1, -0.05) is 6.07 Å². The number of ether oxygens (including phenoxy) is 1. The maximum absolute atomic E-state index is 10.9. The number of hydrogen-bond donors (Lipinski definition) is 3. The number of rotatable bonds is 6. The molecule has 0 aliphatic heterocycles. The average Bonchev–Trinajstić information content (AvgIpc) is 3.08. The lowest BCUT2D eigenvalue weighted by atomic mass is 9.91. The summed E-state index contributed by atoms with van der Waals surface area (Å²) in [5.41, 5.74) is 5.16. The van der Waals surface area contributed by atoms with Gasteiger partial charge in [0.2, 0.25) is 0 Å². The molecule has 146 valence electrons. The van der Waals surface area contributed by atoms with Crippen molar-refractivity contribution >= 4 is 16.6 Å². The number of phenols is 1. The zero-order valence-electron chi connectivity index (χ0n) is 16.2. The molecule has 0 fully saturated rings. The van der Waals surface area contributed by atoms with Crippen LogP contribution in [0.15, 0.2) is 41.6 Å². The molecule has 1 aliphatic rings. The number of aromatic amines is 1. The van der Waals surface area contributed by atoms with E-state index < -0.39 is 0 Å². The number of aryl methyl sites for hydroxylation is 1. The van der Waals surface area contributed by atoms with E-state index in [1.807, 2.05) is 24.3 Å². The second kappa shape index (κ2) is 7.64. The lowest BCUT2D eigenvalue weighted by Crippen LogP contribution is -2.34. The van der Waals surface area contributed by atoms with Crippen LogP contribution in [0.1, 0.15) is 42.6 Å². The minimum Gasteiger partial charge on any atom is -0.504 e. The highest BCUT2D eigenvalue weighted by Crippen LogP contribution is 2.36. The first-order chi connectivity index (χ1) is 13.6. The number of aromatic hydroxyl groups is 1. The summed E-state index contributed by atoms with van der Waals surface area (Å²) in [4.78, 5) is 14.4. The Morgan fingerprint density at radius 3 is 2.96 bits per heavy atom. The van der Waals surface area contributed by atoms with Crippen molar-refractivity contribution in [3.05, 3.63) is 58.1 Å². The molecule has 6 heteroatoms. The van der Waals surface area contributed by atoms with Gasteiger partial charge in [0.1, 0.15) is 5.69 Å². The van der Waals surface area contributed by atoms with Crippen LogP contribution in [0.5, 0.6) is 11.5 Å². The molecule has 6 nitrogen and oxygen atoms in total. The highest BCUT2D eigenvalue weighted by molar-refractivity contribution is 5.87. The van der Waals surface area contributed by atoms with Crippen LogP contribution in [0.4, 0.5) is 5.69 Å². The van der Waals surface area contributed by atoms with Crippen molar-refractivity contribution in [2.75, 3.05) is 7.11 Å². The first kappa shape index (κ1) is 18.5. The third-order valence-corrected chi connectivity index (χ3v) is 5.57.